The van der Waals surface area contributed by atoms with E-state index in [-0.39, 0.29) is 28.5 Å². The van der Waals surface area contributed by atoms with Gasteiger partial charge >= 0.3 is 0 Å². The second kappa shape index (κ2) is 7.82. The van der Waals surface area contributed by atoms with Crippen molar-refractivity contribution in [1.29, 1.82) is 0 Å². The second-order valence-corrected chi connectivity index (χ2v) is 7.53. The highest BCUT2D eigenvalue weighted by atomic mass is 35.5. The van der Waals surface area contributed by atoms with Crippen molar-refractivity contribution in [3.8, 4) is 0 Å². The number of rotatable bonds is 3. The smallest absolute Gasteiger partial charge is 0.258 e. The number of carbonyl (C=O) groups is 2. The third-order valence-corrected chi connectivity index (χ3v) is 5.39. The zero-order chi connectivity index (χ0) is 20.5. The lowest BCUT2D eigenvalue weighted by Gasteiger charge is -2.29. The number of aromatic nitrogens is 2. The van der Waals surface area contributed by atoms with Crippen LogP contribution in [0.25, 0.3) is 0 Å². The van der Waals surface area contributed by atoms with Crippen LogP contribution in [0.15, 0.2) is 23.0 Å². The van der Waals surface area contributed by atoms with Gasteiger partial charge in [0.25, 0.3) is 5.56 Å². The van der Waals surface area contributed by atoms with Gasteiger partial charge < -0.3 is 15.5 Å². The Kier molecular flexibility index (Phi) is 5.23. The number of anilines is 3. The number of nitrogens with zero attached hydrogens (tertiary/aromatic N) is 2. The van der Waals surface area contributed by atoms with E-state index >= 15 is 0 Å². The SMILES string of the molecule is O=C1C[C@H](C(=O)Nc2ccc(F)c(Cl)c2)c2c(nc(N3CCCCC3)[nH]c2=O)N1. The van der Waals surface area contributed by atoms with Crippen molar-refractivity contribution in [2.45, 2.75) is 31.6 Å². The summed E-state index contributed by atoms with van der Waals surface area (Å²) < 4.78 is 13.3. The Morgan fingerprint density at radius 3 is 2.72 bits per heavy atom. The van der Waals surface area contributed by atoms with Crippen molar-refractivity contribution >= 4 is 40.9 Å². The molecule has 0 bridgehead atoms. The molecule has 1 fully saturated rings. The summed E-state index contributed by atoms with van der Waals surface area (Å²) >= 11 is 5.74. The first kappa shape index (κ1) is 19.4. The number of amides is 2. The average molecular weight is 420 g/mol. The number of hydrogen-bond acceptors (Lipinski definition) is 5. The number of hydrogen-bond donors (Lipinski definition) is 3. The summed E-state index contributed by atoms with van der Waals surface area (Å²) in [6, 6.07) is 3.74. The van der Waals surface area contributed by atoms with Crippen molar-refractivity contribution in [3.63, 3.8) is 0 Å². The number of H-pyrrole nitrogens is 1. The minimum atomic E-state index is -1.02. The molecule has 29 heavy (non-hydrogen) atoms. The molecule has 2 amide bonds. The fraction of sp³-hybridized carbons (Fsp3) is 0.368. The lowest BCUT2D eigenvalue weighted by atomic mass is 9.92. The molecule has 1 atom stereocenters. The van der Waals surface area contributed by atoms with Crippen LogP contribution >= 0.6 is 11.6 Å². The number of piperidine rings is 1. The van der Waals surface area contributed by atoms with Crippen molar-refractivity contribution in [1.82, 2.24) is 9.97 Å². The topological polar surface area (TPSA) is 107 Å². The summed E-state index contributed by atoms with van der Waals surface area (Å²) in [6.07, 6.45) is 2.93. The lowest BCUT2D eigenvalue weighted by molar-refractivity contribution is -0.123. The molecule has 0 unspecified atom stereocenters. The molecule has 3 heterocycles. The minimum absolute atomic E-state index is 0.0999. The van der Waals surface area contributed by atoms with Crippen LogP contribution in [0.5, 0.6) is 0 Å². The summed E-state index contributed by atoms with van der Waals surface area (Å²) in [7, 11) is 0. The monoisotopic (exact) mass is 419 g/mol. The zero-order valence-corrected chi connectivity index (χ0v) is 16.2. The number of benzene rings is 1. The normalized spacial score (nSPS) is 18.8. The molecule has 4 rings (SSSR count). The summed E-state index contributed by atoms with van der Waals surface area (Å²) in [4.78, 5) is 46.8. The molecule has 3 N–H and O–H groups in total. The molecular weight excluding hydrogens is 401 g/mol. The second-order valence-electron chi connectivity index (χ2n) is 7.12. The van der Waals surface area contributed by atoms with E-state index in [1.807, 2.05) is 4.90 Å². The molecule has 1 saturated heterocycles. The van der Waals surface area contributed by atoms with E-state index in [0.29, 0.717) is 5.95 Å². The molecule has 152 valence electrons. The van der Waals surface area contributed by atoms with Crippen LogP contribution in [-0.2, 0) is 9.59 Å². The van der Waals surface area contributed by atoms with Crippen LogP contribution in [0.4, 0.5) is 21.8 Å². The number of carbonyl (C=O) groups excluding carboxylic acids is 2. The van der Waals surface area contributed by atoms with Gasteiger partial charge in [-0.05, 0) is 37.5 Å². The fourth-order valence-corrected chi connectivity index (χ4v) is 3.82. The van der Waals surface area contributed by atoms with Crippen molar-refractivity contribution in [2.75, 3.05) is 28.6 Å². The highest BCUT2D eigenvalue weighted by Crippen LogP contribution is 2.31. The molecule has 0 radical (unpaired) electrons. The first-order chi connectivity index (χ1) is 13.9. The van der Waals surface area contributed by atoms with Gasteiger partial charge in [0, 0.05) is 25.2 Å². The van der Waals surface area contributed by atoms with Crippen molar-refractivity contribution in [3.05, 3.63) is 45.0 Å². The third kappa shape index (κ3) is 3.95. The van der Waals surface area contributed by atoms with Crippen LogP contribution in [0.3, 0.4) is 0 Å². The summed E-state index contributed by atoms with van der Waals surface area (Å²) in [5.41, 5.74) is -0.0906. The van der Waals surface area contributed by atoms with Gasteiger partial charge in [0.05, 0.1) is 16.5 Å². The molecule has 2 aliphatic rings. The Morgan fingerprint density at radius 1 is 1.24 bits per heavy atom. The third-order valence-electron chi connectivity index (χ3n) is 5.10. The van der Waals surface area contributed by atoms with E-state index in [9.17, 15) is 18.8 Å². The average Bonchev–Trinajstić information content (AvgIpc) is 2.70. The highest BCUT2D eigenvalue weighted by Gasteiger charge is 2.35. The van der Waals surface area contributed by atoms with Crippen LogP contribution in [-0.4, -0.2) is 34.9 Å². The summed E-state index contributed by atoms with van der Waals surface area (Å²) in [5, 5.41) is 5.04. The molecule has 1 aromatic heterocycles. The molecule has 1 aromatic carbocycles. The van der Waals surface area contributed by atoms with Crippen LogP contribution in [0.2, 0.25) is 5.02 Å². The molecule has 0 spiro atoms. The van der Waals surface area contributed by atoms with Gasteiger partial charge in [-0.1, -0.05) is 11.6 Å². The van der Waals surface area contributed by atoms with Crippen LogP contribution < -0.4 is 21.1 Å². The van der Waals surface area contributed by atoms with Gasteiger partial charge in [0.2, 0.25) is 17.8 Å². The number of nitrogens with one attached hydrogen (secondary N) is 3. The largest absolute Gasteiger partial charge is 0.342 e. The summed E-state index contributed by atoms with van der Waals surface area (Å²) in [6.45, 7) is 1.54. The lowest BCUT2D eigenvalue weighted by Crippen LogP contribution is -2.38. The molecular formula is C19H19ClFN5O3. The maximum absolute atomic E-state index is 13.3. The minimum Gasteiger partial charge on any atom is -0.342 e. The molecule has 0 aliphatic carbocycles. The van der Waals surface area contributed by atoms with E-state index in [2.05, 4.69) is 20.6 Å². The molecule has 8 nitrogen and oxygen atoms in total. The van der Waals surface area contributed by atoms with Crippen LogP contribution in [0, 0.1) is 5.82 Å². The first-order valence-corrected chi connectivity index (χ1v) is 9.75. The van der Waals surface area contributed by atoms with Crippen molar-refractivity contribution < 1.29 is 14.0 Å². The quantitative estimate of drug-likeness (QED) is 0.708. The highest BCUT2D eigenvalue weighted by molar-refractivity contribution is 6.31. The van der Waals surface area contributed by atoms with Gasteiger partial charge in [-0.3, -0.25) is 19.4 Å². The number of halogens is 2. The van der Waals surface area contributed by atoms with E-state index in [1.54, 1.807) is 0 Å². The maximum atomic E-state index is 13.3. The molecule has 2 aromatic rings. The standard InChI is InChI=1S/C19H19ClFN5O3/c20-12-8-10(4-5-13(12)21)22-17(28)11-9-14(27)23-16-15(11)18(29)25-19(24-16)26-6-2-1-3-7-26/h4-5,8,11H,1-3,6-7,9H2,(H,22,28)(H2,23,24,25,27,29)/t11-/m0/s1. The fourth-order valence-electron chi connectivity index (χ4n) is 3.64. The van der Waals surface area contributed by atoms with Gasteiger partial charge in [0.1, 0.15) is 11.6 Å². The van der Waals surface area contributed by atoms with E-state index < -0.39 is 29.1 Å². The maximum Gasteiger partial charge on any atom is 0.258 e. The Bertz CT molecular complexity index is 1030. The number of aromatic amines is 1. The molecule has 0 saturated carbocycles. The first-order valence-electron chi connectivity index (χ1n) is 9.37. The number of fused-ring (bicyclic) bond motifs is 1. The van der Waals surface area contributed by atoms with Crippen LogP contribution in [0.1, 0.15) is 37.2 Å². The zero-order valence-electron chi connectivity index (χ0n) is 15.4. The predicted octanol–water partition coefficient (Wildman–Crippen LogP) is 2.62. The molecule has 2 aliphatic heterocycles. The van der Waals surface area contributed by atoms with Gasteiger partial charge in [0.15, 0.2) is 0 Å². The Morgan fingerprint density at radius 2 is 2.00 bits per heavy atom. The summed E-state index contributed by atoms with van der Waals surface area (Å²) in [5.74, 6) is -2.12. The van der Waals surface area contributed by atoms with E-state index in [4.69, 9.17) is 11.6 Å². The molecule has 10 heteroatoms. The predicted molar refractivity (Wildman–Crippen MR) is 107 cm³/mol. The Balaban J connectivity index is 1.64. The van der Waals surface area contributed by atoms with E-state index in [1.165, 1.54) is 12.1 Å². The van der Waals surface area contributed by atoms with Crippen molar-refractivity contribution in [2.24, 2.45) is 0 Å². The van der Waals surface area contributed by atoms with Gasteiger partial charge in [-0.15, -0.1) is 0 Å². The Hall–Kier alpha value is -2.94. The Labute approximate surface area is 170 Å². The van der Waals surface area contributed by atoms with Gasteiger partial charge in [-0.25, -0.2) is 4.39 Å². The van der Waals surface area contributed by atoms with Gasteiger partial charge in [-0.2, -0.15) is 4.98 Å². The van der Waals surface area contributed by atoms with E-state index in [0.717, 1.165) is 38.4 Å².